The number of hydrogen-bond acceptors (Lipinski definition) is 4. The number of amides is 1. The monoisotopic (exact) mass is 289 g/mol. The van der Waals surface area contributed by atoms with Crippen molar-refractivity contribution in [2.45, 2.75) is 19.5 Å². The molecule has 7 heteroatoms. The minimum absolute atomic E-state index is 0.0561. The van der Waals surface area contributed by atoms with Crippen LogP contribution in [0.5, 0.6) is 0 Å². The van der Waals surface area contributed by atoms with Crippen molar-refractivity contribution in [3.63, 3.8) is 0 Å². The molecule has 0 aliphatic heterocycles. The van der Waals surface area contributed by atoms with E-state index < -0.39 is 0 Å². The third kappa shape index (κ3) is 3.61. The number of aromatic nitrogens is 3. The van der Waals surface area contributed by atoms with Crippen molar-refractivity contribution in [2.24, 2.45) is 5.73 Å². The van der Waals surface area contributed by atoms with E-state index in [0.717, 1.165) is 0 Å². The number of pyridine rings is 1. The van der Waals surface area contributed by atoms with E-state index in [1.54, 1.807) is 23.0 Å². The van der Waals surface area contributed by atoms with Gasteiger partial charge in [-0.15, -0.1) is 0 Å². The van der Waals surface area contributed by atoms with E-state index in [2.05, 4.69) is 15.4 Å². The fourth-order valence-electron chi connectivity index (χ4n) is 1.71. The largest absolute Gasteiger partial charge is 0.389 e. The van der Waals surface area contributed by atoms with Gasteiger partial charge in [-0.2, -0.15) is 5.10 Å². The van der Waals surface area contributed by atoms with Crippen molar-refractivity contribution in [3.05, 3.63) is 48.0 Å². The maximum atomic E-state index is 12.0. The van der Waals surface area contributed by atoms with Crippen LogP contribution in [0.25, 0.3) is 0 Å². The molecule has 0 spiro atoms. The van der Waals surface area contributed by atoms with Gasteiger partial charge in [-0.05, 0) is 25.1 Å². The standard InChI is InChI=1S/C13H15N5OS/c1-9(8-18-6-2-5-16-18)17-13(19)11-4-3-10(7-15-11)12(14)20/h2-7,9H,8H2,1H3,(H2,14,20)(H,17,19). The van der Waals surface area contributed by atoms with Crippen molar-refractivity contribution in [2.75, 3.05) is 0 Å². The van der Waals surface area contributed by atoms with Gasteiger partial charge in [0.15, 0.2) is 0 Å². The van der Waals surface area contributed by atoms with Crippen LogP contribution in [0.3, 0.4) is 0 Å². The number of nitrogens with one attached hydrogen (secondary N) is 1. The van der Waals surface area contributed by atoms with Crippen LogP contribution in [-0.4, -0.2) is 31.7 Å². The lowest BCUT2D eigenvalue weighted by Gasteiger charge is -2.13. The molecule has 6 nitrogen and oxygen atoms in total. The van der Waals surface area contributed by atoms with Gasteiger partial charge in [0.2, 0.25) is 0 Å². The summed E-state index contributed by atoms with van der Waals surface area (Å²) >= 11 is 4.83. The zero-order valence-electron chi connectivity index (χ0n) is 11.0. The summed E-state index contributed by atoms with van der Waals surface area (Å²) in [4.78, 5) is 16.3. The van der Waals surface area contributed by atoms with Gasteiger partial charge < -0.3 is 11.1 Å². The van der Waals surface area contributed by atoms with Gasteiger partial charge in [-0.25, -0.2) is 0 Å². The second kappa shape index (κ2) is 6.25. The zero-order valence-corrected chi connectivity index (χ0v) is 11.8. The third-order valence-corrected chi connectivity index (χ3v) is 2.91. The van der Waals surface area contributed by atoms with Crippen LogP contribution >= 0.6 is 12.2 Å². The molecule has 20 heavy (non-hydrogen) atoms. The highest BCUT2D eigenvalue weighted by molar-refractivity contribution is 7.80. The smallest absolute Gasteiger partial charge is 0.270 e. The van der Waals surface area contributed by atoms with Crippen molar-refractivity contribution in [1.82, 2.24) is 20.1 Å². The molecule has 2 heterocycles. The number of hydrogen-bond donors (Lipinski definition) is 2. The summed E-state index contributed by atoms with van der Waals surface area (Å²) in [5, 5.41) is 6.95. The lowest BCUT2D eigenvalue weighted by molar-refractivity contribution is 0.0931. The van der Waals surface area contributed by atoms with Gasteiger partial charge in [0, 0.05) is 30.2 Å². The first-order valence-corrected chi connectivity index (χ1v) is 6.51. The first-order valence-electron chi connectivity index (χ1n) is 6.10. The lowest BCUT2D eigenvalue weighted by Crippen LogP contribution is -2.36. The Labute approximate surface area is 122 Å². The summed E-state index contributed by atoms with van der Waals surface area (Å²) in [5.41, 5.74) is 6.45. The molecule has 0 aliphatic rings. The molecule has 0 aliphatic carbocycles. The second-order valence-corrected chi connectivity index (χ2v) is 4.84. The molecule has 1 unspecified atom stereocenters. The van der Waals surface area contributed by atoms with E-state index in [1.807, 2.05) is 19.2 Å². The Morgan fingerprint density at radius 1 is 1.55 bits per heavy atom. The molecule has 0 saturated heterocycles. The summed E-state index contributed by atoms with van der Waals surface area (Å²) < 4.78 is 1.76. The van der Waals surface area contributed by atoms with Gasteiger partial charge in [0.1, 0.15) is 10.7 Å². The topological polar surface area (TPSA) is 85.8 Å². The van der Waals surface area contributed by atoms with Crippen molar-refractivity contribution in [1.29, 1.82) is 0 Å². The number of carbonyl (C=O) groups excluding carboxylic acids is 1. The fraction of sp³-hybridized carbons (Fsp3) is 0.231. The van der Waals surface area contributed by atoms with Crippen LogP contribution < -0.4 is 11.1 Å². The Hall–Kier alpha value is -2.28. The van der Waals surface area contributed by atoms with E-state index in [4.69, 9.17) is 18.0 Å². The van der Waals surface area contributed by atoms with Crippen molar-refractivity contribution in [3.8, 4) is 0 Å². The molecule has 3 N–H and O–H groups in total. The molecule has 2 aromatic heterocycles. The molecule has 2 aromatic rings. The normalized spacial score (nSPS) is 11.8. The Morgan fingerprint density at radius 2 is 2.35 bits per heavy atom. The highest BCUT2D eigenvalue weighted by Crippen LogP contribution is 2.01. The summed E-state index contributed by atoms with van der Waals surface area (Å²) in [5.74, 6) is -0.237. The molecule has 2 rings (SSSR count). The van der Waals surface area contributed by atoms with Crippen LogP contribution in [0.1, 0.15) is 23.0 Å². The van der Waals surface area contributed by atoms with Crippen LogP contribution in [0.4, 0.5) is 0 Å². The predicted octanol–water partition coefficient (Wildman–Crippen LogP) is 0.731. The van der Waals surface area contributed by atoms with Crippen LogP contribution in [-0.2, 0) is 6.54 Å². The molecule has 0 radical (unpaired) electrons. The summed E-state index contributed by atoms with van der Waals surface area (Å²) in [6, 6.07) is 5.07. The molecule has 0 aromatic carbocycles. The molecule has 0 bridgehead atoms. The van der Waals surface area contributed by atoms with E-state index >= 15 is 0 Å². The maximum absolute atomic E-state index is 12.0. The SMILES string of the molecule is CC(Cn1cccn1)NC(=O)c1ccc(C(N)=S)cn1. The summed E-state index contributed by atoms with van der Waals surface area (Å²) in [7, 11) is 0. The molecule has 0 fully saturated rings. The minimum atomic E-state index is -0.237. The lowest BCUT2D eigenvalue weighted by atomic mass is 10.2. The Kier molecular flexibility index (Phi) is 4.41. The van der Waals surface area contributed by atoms with Crippen LogP contribution in [0.2, 0.25) is 0 Å². The number of nitrogens with zero attached hydrogens (tertiary/aromatic N) is 3. The van der Waals surface area contributed by atoms with Crippen molar-refractivity contribution >= 4 is 23.1 Å². The number of nitrogens with two attached hydrogens (primary N) is 1. The Bertz CT molecular complexity index is 594. The van der Waals surface area contributed by atoms with E-state index in [0.29, 0.717) is 17.8 Å². The number of thiocarbonyl (C=S) groups is 1. The highest BCUT2D eigenvalue weighted by Gasteiger charge is 2.11. The van der Waals surface area contributed by atoms with Crippen LogP contribution in [0, 0.1) is 0 Å². The molecular formula is C13H15N5OS. The Balaban J connectivity index is 1.95. The quantitative estimate of drug-likeness (QED) is 0.793. The van der Waals surface area contributed by atoms with E-state index in [9.17, 15) is 4.79 Å². The average Bonchev–Trinajstić information content (AvgIpc) is 2.91. The molecular weight excluding hydrogens is 274 g/mol. The van der Waals surface area contributed by atoms with Gasteiger partial charge in [0.25, 0.3) is 5.91 Å². The predicted molar refractivity (Wildman–Crippen MR) is 79.3 cm³/mol. The number of rotatable bonds is 5. The fourth-order valence-corrected chi connectivity index (χ4v) is 1.83. The zero-order chi connectivity index (χ0) is 14.5. The minimum Gasteiger partial charge on any atom is -0.389 e. The summed E-state index contributed by atoms with van der Waals surface area (Å²) in [6.45, 7) is 2.51. The van der Waals surface area contributed by atoms with Gasteiger partial charge >= 0.3 is 0 Å². The van der Waals surface area contributed by atoms with Gasteiger partial charge in [0.05, 0.1) is 6.54 Å². The number of carbonyl (C=O) groups is 1. The second-order valence-electron chi connectivity index (χ2n) is 4.40. The van der Waals surface area contributed by atoms with Crippen LogP contribution in [0.15, 0.2) is 36.8 Å². The average molecular weight is 289 g/mol. The Morgan fingerprint density at radius 3 is 2.90 bits per heavy atom. The molecule has 104 valence electrons. The maximum Gasteiger partial charge on any atom is 0.270 e. The third-order valence-electron chi connectivity index (χ3n) is 2.68. The van der Waals surface area contributed by atoms with E-state index in [1.165, 1.54) is 6.20 Å². The van der Waals surface area contributed by atoms with E-state index in [-0.39, 0.29) is 16.9 Å². The highest BCUT2D eigenvalue weighted by atomic mass is 32.1. The molecule has 0 saturated carbocycles. The molecule has 1 amide bonds. The van der Waals surface area contributed by atoms with Crippen molar-refractivity contribution < 1.29 is 4.79 Å². The summed E-state index contributed by atoms with van der Waals surface area (Å²) in [6.07, 6.45) is 5.04. The molecule has 1 atom stereocenters. The van der Waals surface area contributed by atoms with Gasteiger partial charge in [-0.3, -0.25) is 14.5 Å². The first kappa shape index (κ1) is 14.1. The first-order chi connectivity index (χ1) is 9.56. The van der Waals surface area contributed by atoms with Gasteiger partial charge in [-0.1, -0.05) is 12.2 Å².